The van der Waals surface area contributed by atoms with Crippen molar-refractivity contribution in [1.29, 1.82) is 0 Å². The summed E-state index contributed by atoms with van der Waals surface area (Å²) in [6, 6.07) is 9.94. The standard InChI is InChI=1S/C16H13N3O3/c20-15-12-6-4-10(16(21)22)9-13(12)18-14(19-15)7-5-11-3-1-2-8-17-11/h1-4,6,8-9H,5,7H2,(H,21,22)(H,18,19,20). The number of nitrogens with one attached hydrogen (secondary N) is 1. The molecule has 0 aliphatic carbocycles. The highest BCUT2D eigenvalue weighted by molar-refractivity contribution is 5.92. The lowest BCUT2D eigenvalue weighted by atomic mass is 10.1. The number of aromatic amines is 1. The molecule has 1 aromatic carbocycles. The van der Waals surface area contributed by atoms with E-state index in [9.17, 15) is 9.59 Å². The number of hydrogen-bond acceptors (Lipinski definition) is 4. The third-order valence-electron chi connectivity index (χ3n) is 3.35. The molecular weight excluding hydrogens is 282 g/mol. The minimum atomic E-state index is -1.04. The largest absolute Gasteiger partial charge is 0.478 e. The van der Waals surface area contributed by atoms with Crippen LogP contribution in [-0.4, -0.2) is 26.0 Å². The number of hydrogen-bond donors (Lipinski definition) is 2. The second-order valence-corrected chi connectivity index (χ2v) is 4.87. The first-order valence-corrected chi connectivity index (χ1v) is 6.79. The topological polar surface area (TPSA) is 95.9 Å². The molecule has 0 amide bonds. The minimum Gasteiger partial charge on any atom is -0.478 e. The van der Waals surface area contributed by atoms with Gasteiger partial charge in [-0.15, -0.1) is 0 Å². The van der Waals surface area contributed by atoms with Gasteiger partial charge < -0.3 is 10.1 Å². The van der Waals surface area contributed by atoms with Crippen LogP contribution >= 0.6 is 0 Å². The number of carbonyl (C=O) groups is 1. The monoisotopic (exact) mass is 295 g/mol. The maximum absolute atomic E-state index is 12.0. The number of aromatic carboxylic acids is 1. The maximum Gasteiger partial charge on any atom is 0.335 e. The smallest absolute Gasteiger partial charge is 0.335 e. The van der Waals surface area contributed by atoms with Crippen molar-refractivity contribution in [2.24, 2.45) is 0 Å². The van der Waals surface area contributed by atoms with Gasteiger partial charge in [0.2, 0.25) is 0 Å². The molecule has 110 valence electrons. The summed E-state index contributed by atoms with van der Waals surface area (Å²) < 4.78 is 0. The quantitative estimate of drug-likeness (QED) is 0.765. The molecule has 6 heteroatoms. The summed E-state index contributed by atoms with van der Waals surface area (Å²) in [5.41, 5.74) is 1.14. The average molecular weight is 295 g/mol. The highest BCUT2D eigenvalue weighted by Gasteiger charge is 2.08. The van der Waals surface area contributed by atoms with Crippen molar-refractivity contribution in [3.05, 3.63) is 70.0 Å². The van der Waals surface area contributed by atoms with Crippen molar-refractivity contribution in [1.82, 2.24) is 15.0 Å². The van der Waals surface area contributed by atoms with E-state index in [0.29, 0.717) is 29.6 Å². The van der Waals surface area contributed by atoms with Crippen molar-refractivity contribution < 1.29 is 9.90 Å². The predicted molar refractivity (Wildman–Crippen MR) is 81.0 cm³/mol. The summed E-state index contributed by atoms with van der Waals surface area (Å²) in [5.74, 6) is -0.523. The van der Waals surface area contributed by atoms with Gasteiger partial charge in [-0.1, -0.05) is 6.07 Å². The molecule has 22 heavy (non-hydrogen) atoms. The van der Waals surface area contributed by atoms with E-state index in [-0.39, 0.29) is 11.1 Å². The van der Waals surface area contributed by atoms with Crippen LogP contribution in [0.3, 0.4) is 0 Å². The Balaban J connectivity index is 1.93. The molecule has 0 aliphatic rings. The van der Waals surface area contributed by atoms with E-state index in [1.165, 1.54) is 18.2 Å². The van der Waals surface area contributed by atoms with Crippen LogP contribution in [0.1, 0.15) is 21.9 Å². The molecule has 0 radical (unpaired) electrons. The molecular formula is C16H13N3O3. The molecule has 0 saturated carbocycles. The maximum atomic E-state index is 12.0. The zero-order valence-electron chi connectivity index (χ0n) is 11.6. The van der Waals surface area contributed by atoms with Gasteiger partial charge in [-0.05, 0) is 36.8 Å². The van der Waals surface area contributed by atoms with Crippen molar-refractivity contribution >= 4 is 16.9 Å². The summed E-state index contributed by atoms with van der Waals surface area (Å²) in [6.07, 6.45) is 2.89. The summed E-state index contributed by atoms with van der Waals surface area (Å²) >= 11 is 0. The van der Waals surface area contributed by atoms with Crippen LogP contribution in [0.25, 0.3) is 10.9 Å². The Hall–Kier alpha value is -3.02. The van der Waals surface area contributed by atoms with Gasteiger partial charge >= 0.3 is 5.97 Å². The van der Waals surface area contributed by atoms with E-state index in [1.807, 2.05) is 18.2 Å². The number of aromatic nitrogens is 3. The van der Waals surface area contributed by atoms with Gasteiger partial charge in [0.15, 0.2) is 0 Å². The number of carboxylic acid groups (broad SMARTS) is 1. The first-order chi connectivity index (χ1) is 10.6. The fourth-order valence-corrected chi connectivity index (χ4v) is 2.23. The van der Waals surface area contributed by atoms with Gasteiger partial charge in [-0.3, -0.25) is 9.78 Å². The molecule has 2 N–H and O–H groups in total. The number of rotatable bonds is 4. The number of benzene rings is 1. The second-order valence-electron chi connectivity index (χ2n) is 4.87. The van der Waals surface area contributed by atoms with Crippen LogP contribution in [0.15, 0.2) is 47.4 Å². The Labute approximate surface area is 125 Å². The van der Waals surface area contributed by atoms with E-state index in [1.54, 1.807) is 6.20 Å². The third-order valence-corrected chi connectivity index (χ3v) is 3.35. The molecule has 2 aromatic heterocycles. The fraction of sp³-hybridized carbons (Fsp3) is 0.125. The highest BCUT2D eigenvalue weighted by Crippen LogP contribution is 2.11. The molecule has 0 atom stereocenters. The molecule has 0 bridgehead atoms. The number of aryl methyl sites for hydroxylation is 2. The average Bonchev–Trinajstić information content (AvgIpc) is 2.53. The van der Waals surface area contributed by atoms with E-state index in [2.05, 4.69) is 15.0 Å². The number of pyridine rings is 1. The first-order valence-electron chi connectivity index (χ1n) is 6.79. The molecule has 0 saturated heterocycles. The number of H-pyrrole nitrogens is 1. The molecule has 0 aliphatic heterocycles. The van der Waals surface area contributed by atoms with Crippen LogP contribution in [0.5, 0.6) is 0 Å². The third kappa shape index (κ3) is 2.85. The lowest BCUT2D eigenvalue weighted by Gasteiger charge is -2.04. The van der Waals surface area contributed by atoms with Crippen LogP contribution < -0.4 is 5.56 Å². The Morgan fingerprint density at radius 3 is 2.77 bits per heavy atom. The molecule has 3 rings (SSSR count). The molecule has 0 unspecified atom stereocenters. The Kier molecular flexibility index (Phi) is 3.65. The predicted octanol–water partition coefficient (Wildman–Crippen LogP) is 1.80. The van der Waals surface area contributed by atoms with Gasteiger partial charge in [-0.2, -0.15) is 0 Å². The number of carboxylic acids is 1. The van der Waals surface area contributed by atoms with Crippen LogP contribution in [-0.2, 0) is 12.8 Å². The molecule has 2 heterocycles. The van der Waals surface area contributed by atoms with Crippen molar-refractivity contribution in [2.45, 2.75) is 12.8 Å². The second kappa shape index (κ2) is 5.77. The van der Waals surface area contributed by atoms with E-state index < -0.39 is 5.97 Å². The van der Waals surface area contributed by atoms with Crippen molar-refractivity contribution in [3.8, 4) is 0 Å². The normalized spacial score (nSPS) is 10.7. The van der Waals surface area contributed by atoms with Gasteiger partial charge in [-0.25, -0.2) is 9.78 Å². The van der Waals surface area contributed by atoms with Crippen LogP contribution in [0, 0.1) is 0 Å². The lowest BCUT2D eigenvalue weighted by molar-refractivity contribution is 0.0697. The molecule has 6 nitrogen and oxygen atoms in total. The molecule has 0 fully saturated rings. The zero-order valence-corrected chi connectivity index (χ0v) is 11.6. The van der Waals surface area contributed by atoms with Crippen molar-refractivity contribution in [2.75, 3.05) is 0 Å². The summed E-state index contributed by atoms with van der Waals surface area (Å²) in [5, 5.41) is 9.39. The first kappa shape index (κ1) is 13.9. The van der Waals surface area contributed by atoms with E-state index >= 15 is 0 Å². The van der Waals surface area contributed by atoms with Gasteiger partial charge in [0.25, 0.3) is 5.56 Å². The van der Waals surface area contributed by atoms with Gasteiger partial charge in [0.1, 0.15) is 5.82 Å². The Bertz CT molecular complexity index is 888. The molecule has 3 aromatic rings. The Morgan fingerprint density at radius 2 is 2.05 bits per heavy atom. The van der Waals surface area contributed by atoms with Crippen LogP contribution in [0.2, 0.25) is 0 Å². The van der Waals surface area contributed by atoms with Crippen molar-refractivity contribution in [3.63, 3.8) is 0 Å². The van der Waals surface area contributed by atoms with Gasteiger partial charge in [0, 0.05) is 18.3 Å². The summed E-state index contributed by atoms with van der Waals surface area (Å²) in [7, 11) is 0. The number of nitrogens with zero attached hydrogens (tertiary/aromatic N) is 2. The number of fused-ring (bicyclic) bond motifs is 1. The van der Waals surface area contributed by atoms with Crippen LogP contribution in [0.4, 0.5) is 0 Å². The fourth-order valence-electron chi connectivity index (χ4n) is 2.23. The van der Waals surface area contributed by atoms with E-state index in [4.69, 9.17) is 5.11 Å². The molecule has 0 spiro atoms. The van der Waals surface area contributed by atoms with E-state index in [0.717, 1.165) is 5.69 Å². The SMILES string of the molecule is O=C(O)c1ccc2c(=O)[nH]c(CCc3ccccn3)nc2c1. The zero-order chi connectivity index (χ0) is 15.5. The minimum absolute atomic E-state index is 0.112. The highest BCUT2D eigenvalue weighted by atomic mass is 16.4. The lowest BCUT2D eigenvalue weighted by Crippen LogP contribution is -2.13. The Morgan fingerprint density at radius 1 is 1.18 bits per heavy atom. The van der Waals surface area contributed by atoms with Gasteiger partial charge in [0.05, 0.1) is 16.5 Å². The summed E-state index contributed by atoms with van der Waals surface area (Å²) in [6.45, 7) is 0. The summed E-state index contributed by atoms with van der Waals surface area (Å²) in [4.78, 5) is 34.3.